The van der Waals surface area contributed by atoms with E-state index in [4.69, 9.17) is 11.6 Å². The smallest absolute Gasteiger partial charge is 0.271 e. The maximum absolute atomic E-state index is 12.2. The van der Waals surface area contributed by atoms with Gasteiger partial charge in [-0.15, -0.1) is 0 Å². The fourth-order valence-corrected chi connectivity index (χ4v) is 2.72. The number of thioether (sulfide) groups is 1. The zero-order valence-electron chi connectivity index (χ0n) is 12.9. The van der Waals surface area contributed by atoms with E-state index >= 15 is 0 Å². The fourth-order valence-electron chi connectivity index (χ4n) is 1.72. The third kappa shape index (κ3) is 6.57. The number of halogens is 1. The van der Waals surface area contributed by atoms with E-state index in [-0.39, 0.29) is 17.6 Å². The third-order valence-electron chi connectivity index (χ3n) is 2.89. The quantitative estimate of drug-likeness (QED) is 0.676. The monoisotopic (exact) mass is 329 g/mol. The van der Waals surface area contributed by atoms with Gasteiger partial charge in [-0.2, -0.15) is 11.8 Å². The predicted octanol–water partition coefficient (Wildman–Crippen LogP) is 3.82. The van der Waals surface area contributed by atoms with Crippen molar-refractivity contribution >= 4 is 35.1 Å². The zero-order chi connectivity index (χ0) is 15.7. The van der Waals surface area contributed by atoms with Crippen molar-refractivity contribution in [3.05, 3.63) is 22.8 Å². The van der Waals surface area contributed by atoms with E-state index in [0.717, 1.165) is 30.9 Å². The second kappa shape index (κ2) is 9.90. The van der Waals surface area contributed by atoms with Crippen LogP contribution in [0.3, 0.4) is 0 Å². The zero-order valence-corrected chi connectivity index (χ0v) is 14.5. The minimum absolute atomic E-state index is 0.113. The van der Waals surface area contributed by atoms with Gasteiger partial charge in [0, 0.05) is 12.6 Å². The lowest BCUT2D eigenvalue weighted by Crippen LogP contribution is -2.33. The minimum atomic E-state index is -0.214. The number of rotatable bonds is 9. The Balaban J connectivity index is 2.63. The number of carbonyl (C=O) groups is 1. The standard InChI is InChI=1S/C15H24ClN3OS/c1-4-9-17-13-7-6-12(16)14(19-13)15(20)18-11(3)8-10-21-5-2/h6-7,11H,4-5,8-10H2,1-3H3,(H,17,19)(H,18,20). The molecule has 0 aromatic carbocycles. The van der Waals surface area contributed by atoms with Crippen molar-refractivity contribution in [2.24, 2.45) is 0 Å². The van der Waals surface area contributed by atoms with Crippen molar-refractivity contribution in [1.29, 1.82) is 0 Å². The fraction of sp³-hybridized carbons (Fsp3) is 0.600. The normalized spacial score (nSPS) is 12.0. The van der Waals surface area contributed by atoms with Gasteiger partial charge in [0.05, 0.1) is 5.02 Å². The van der Waals surface area contributed by atoms with Gasteiger partial charge in [-0.25, -0.2) is 4.98 Å². The highest BCUT2D eigenvalue weighted by Gasteiger charge is 2.15. The number of amides is 1. The van der Waals surface area contributed by atoms with Crippen molar-refractivity contribution in [2.75, 3.05) is 23.4 Å². The third-order valence-corrected chi connectivity index (χ3v) is 4.13. The Labute approximate surface area is 136 Å². The summed E-state index contributed by atoms with van der Waals surface area (Å²) in [6, 6.07) is 3.61. The van der Waals surface area contributed by atoms with Gasteiger partial charge in [0.2, 0.25) is 0 Å². The van der Waals surface area contributed by atoms with E-state index in [9.17, 15) is 4.79 Å². The molecule has 0 aliphatic heterocycles. The van der Waals surface area contributed by atoms with Crippen LogP contribution in [-0.4, -0.2) is 35.0 Å². The van der Waals surface area contributed by atoms with Crippen molar-refractivity contribution in [2.45, 2.75) is 39.7 Å². The van der Waals surface area contributed by atoms with E-state index < -0.39 is 0 Å². The highest BCUT2D eigenvalue weighted by molar-refractivity contribution is 7.99. The lowest BCUT2D eigenvalue weighted by Gasteiger charge is -2.14. The lowest BCUT2D eigenvalue weighted by molar-refractivity contribution is 0.0935. The summed E-state index contributed by atoms with van der Waals surface area (Å²) in [6.07, 6.45) is 1.94. The molecule has 6 heteroatoms. The van der Waals surface area contributed by atoms with Gasteiger partial charge in [0.1, 0.15) is 11.5 Å². The molecule has 1 unspecified atom stereocenters. The van der Waals surface area contributed by atoms with Crippen LogP contribution in [0.25, 0.3) is 0 Å². The van der Waals surface area contributed by atoms with E-state index in [1.165, 1.54) is 0 Å². The number of anilines is 1. The number of pyridine rings is 1. The SMILES string of the molecule is CCCNc1ccc(Cl)c(C(=O)NC(C)CCSCC)n1. The maximum Gasteiger partial charge on any atom is 0.271 e. The Bertz CT molecular complexity index is 457. The van der Waals surface area contributed by atoms with Gasteiger partial charge in [0.25, 0.3) is 5.91 Å². The van der Waals surface area contributed by atoms with Crippen LogP contribution in [-0.2, 0) is 0 Å². The molecule has 2 N–H and O–H groups in total. The van der Waals surface area contributed by atoms with Crippen molar-refractivity contribution in [3.63, 3.8) is 0 Å². The Morgan fingerprint density at radius 1 is 1.43 bits per heavy atom. The van der Waals surface area contributed by atoms with Crippen LogP contribution in [0.4, 0.5) is 5.82 Å². The van der Waals surface area contributed by atoms with Crippen molar-refractivity contribution < 1.29 is 4.79 Å². The van der Waals surface area contributed by atoms with Crippen LogP contribution in [0.2, 0.25) is 5.02 Å². The Hall–Kier alpha value is -0.940. The summed E-state index contributed by atoms with van der Waals surface area (Å²) in [5.41, 5.74) is 0.285. The topological polar surface area (TPSA) is 54.0 Å². The summed E-state index contributed by atoms with van der Waals surface area (Å²) in [4.78, 5) is 16.5. The van der Waals surface area contributed by atoms with Crippen LogP contribution >= 0.6 is 23.4 Å². The molecule has 0 aliphatic rings. The van der Waals surface area contributed by atoms with E-state index in [0.29, 0.717) is 10.8 Å². The number of hydrogen-bond donors (Lipinski definition) is 2. The number of nitrogens with one attached hydrogen (secondary N) is 2. The molecule has 21 heavy (non-hydrogen) atoms. The molecular formula is C15H24ClN3OS. The molecule has 0 saturated heterocycles. The number of nitrogens with zero attached hydrogens (tertiary/aromatic N) is 1. The minimum Gasteiger partial charge on any atom is -0.370 e. The van der Waals surface area contributed by atoms with Gasteiger partial charge in [-0.1, -0.05) is 25.4 Å². The van der Waals surface area contributed by atoms with E-state index in [2.05, 4.69) is 29.5 Å². The molecule has 0 spiro atoms. The molecular weight excluding hydrogens is 306 g/mol. The predicted molar refractivity (Wildman–Crippen MR) is 92.6 cm³/mol. The first-order valence-electron chi connectivity index (χ1n) is 7.37. The lowest BCUT2D eigenvalue weighted by atomic mass is 10.2. The average Bonchev–Trinajstić information content (AvgIpc) is 2.46. The van der Waals surface area contributed by atoms with Crippen molar-refractivity contribution in [1.82, 2.24) is 10.3 Å². The van der Waals surface area contributed by atoms with E-state index in [1.807, 2.05) is 18.7 Å². The van der Waals surface area contributed by atoms with Crippen LogP contribution in [0.15, 0.2) is 12.1 Å². The first-order valence-corrected chi connectivity index (χ1v) is 8.90. The molecule has 0 radical (unpaired) electrons. The molecule has 1 amide bonds. The molecule has 0 saturated carbocycles. The molecule has 1 atom stereocenters. The highest BCUT2D eigenvalue weighted by Crippen LogP contribution is 2.17. The average molecular weight is 330 g/mol. The second-order valence-corrected chi connectivity index (χ2v) is 6.61. The number of hydrogen-bond acceptors (Lipinski definition) is 4. The summed E-state index contributed by atoms with van der Waals surface area (Å²) in [7, 11) is 0. The molecule has 1 aromatic rings. The van der Waals surface area contributed by atoms with Gasteiger partial charge in [-0.05, 0) is 43.4 Å². The Morgan fingerprint density at radius 2 is 2.19 bits per heavy atom. The molecule has 1 aromatic heterocycles. The molecule has 1 heterocycles. The Morgan fingerprint density at radius 3 is 2.86 bits per heavy atom. The molecule has 0 fully saturated rings. The number of aromatic nitrogens is 1. The maximum atomic E-state index is 12.2. The van der Waals surface area contributed by atoms with Crippen LogP contribution in [0, 0.1) is 0 Å². The van der Waals surface area contributed by atoms with Crippen molar-refractivity contribution in [3.8, 4) is 0 Å². The summed E-state index contributed by atoms with van der Waals surface area (Å²) in [5.74, 6) is 2.60. The molecule has 1 rings (SSSR count). The molecule has 4 nitrogen and oxygen atoms in total. The van der Waals surface area contributed by atoms with Gasteiger partial charge in [0.15, 0.2) is 0 Å². The van der Waals surface area contributed by atoms with Crippen LogP contribution in [0.1, 0.15) is 44.1 Å². The summed E-state index contributed by atoms with van der Waals surface area (Å²) < 4.78 is 0. The van der Waals surface area contributed by atoms with Crippen LogP contribution < -0.4 is 10.6 Å². The van der Waals surface area contributed by atoms with E-state index in [1.54, 1.807) is 12.1 Å². The van der Waals surface area contributed by atoms with Gasteiger partial charge >= 0.3 is 0 Å². The summed E-state index contributed by atoms with van der Waals surface area (Å²) in [5, 5.41) is 6.49. The van der Waals surface area contributed by atoms with Crippen LogP contribution in [0.5, 0.6) is 0 Å². The molecule has 0 bridgehead atoms. The highest BCUT2D eigenvalue weighted by atomic mass is 35.5. The first-order chi connectivity index (χ1) is 10.1. The summed E-state index contributed by atoms with van der Waals surface area (Å²) >= 11 is 7.95. The molecule has 118 valence electrons. The molecule has 0 aliphatic carbocycles. The summed E-state index contributed by atoms with van der Waals surface area (Å²) in [6.45, 7) is 7.03. The number of carbonyl (C=O) groups excluding carboxylic acids is 1. The second-order valence-electron chi connectivity index (χ2n) is 4.81. The Kier molecular flexibility index (Phi) is 8.54. The van der Waals surface area contributed by atoms with Gasteiger partial charge < -0.3 is 10.6 Å². The first kappa shape index (κ1) is 18.1. The largest absolute Gasteiger partial charge is 0.370 e. The van der Waals surface area contributed by atoms with Gasteiger partial charge in [-0.3, -0.25) is 4.79 Å².